The van der Waals surface area contributed by atoms with Crippen molar-refractivity contribution in [2.45, 2.75) is 92.2 Å². The number of aryl methyl sites for hydroxylation is 2. The number of hydrogen-bond donors (Lipinski definition) is 1. The van der Waals surface area contributed by atoms with Crippen molar-refractivity contribution in [2.75, 3.05) is 19.6 Å². The van der Waals surface area contributed by atoms with Crippen LogP contribution in [0.5, 0.6) is 0 Å². The van der Waals surface area contributed by atoms with Crippen molar-refractivity contribution in [1.82, 2.24) is 25.0 Å². The number of rotatable bonds is 6. The second-order valence-electron chi connectivity index (χ2n) is 11.9. The molecule has 0 atom stereocenters. The van der Waals surface area contributed by atoms with Gasteiger partial charge in [-0.15, -0.1) is 0 Å². The second-order valence-corrected chi connectivity index (χ2v) is 12.3. The fraction of sp³-hybridized carbons (Fsp3) is 0.679. The van der Waals surface area contributed by atoms with Gasteiger partial charge in [-0.05, 0) is 101 Å². The zero-order chi connectivity index (χ0) is 25.2. The summed E-state index contributed by atoms with van der Waals surface area (Å²) in [6, 6.07) is 5.95. The maximum atomic E-state index is 13.4. The van der Waals surface area contributed by atoms with Crippen LogP contribution in [0.1, 0.15) is 88.7 Å². The molecule has 7 heteroatoms. The summed E-state index contributed by atoms with van der Waals surface area (Å²) < 4.78 is 1.68. The lowest BCUT2D eigenvalue weighted by atomic mass is 9.67. The Morgan fingerprint density at radius 2 is 1.86 bits per heavy atom. The molecule has 0 bridgehead atoms. The minimum atomic E-state index is -0.133. The number of likely N-dealkylation sites (tertiary alicyclic amines) is 1. The Morgan fingerprint density at radius 3 is 2.46 bits per heavy atom. The molecule has 1 saturated heterocycles. The molecule has 6 nitrogen and oxygen atoms in total. The largest absolute Gasteiger partial charge is 0.349 e. The molecular formula is C28H42ClN5O. The Morgan fingerprint density at radius 1 is 1.17 bits per heavy atom. The van der Waals surface area contributed by atoms with E-state index in [1.54, 1.807) is 4.68 Å². The summed E-state index contributed by atoms with van der Waals surface area (Å²) in [6.45, 7) is 15.1. The number of amides is 1. The molecule has 2 aromatic rings. The highest BCUT2D eigenvalue weighted by molar-refractivity contribution is 6.33. The average Bonchev–Trinajstić information content (AvgIpc) is 3.16. The average molecular weight is 500 g/mol. The van der Waals surface area contributed by atoms with Gasteiger partial charge in [0.15, 0.2) is 0 Å². The van der Waals surface area contributed by atoms with Gasteiger partial charge in [0.25, 0.3) is 5.91 Å². The summed E-state index contributed by atoms with van der Waals surface area (Å²) in [5, 5.41) is 8.29. The van der Waals surface area contributed by atoms with E-state index < -0.39 is 0 Å². The van der Waals surface area contributed by atoms with Gasteiger partial charge < -0.3 is 10.2 Å². The molecule has 1 amide bonds. The van der Waals surface area contributed by atoms with Crippen LogP contribution >= 0.6 is 11.6 Å². The number of piperidine rings is 1. The van der Waals surface area contributed by atoms with Crippen LogP contribution in [0.25, 0.3) is 11.4 Å². The smallest absolute Gasteiger partial charge is 0.256 e. The van der Waals surface area contributed by atoms with Gasteiger partial charge in [-0.2, -0.15) is 5.10 Å². The van der Waals surface area contributed by atoms with Crippen molar-refractivity contribution in [3.05, 3.63) is 34.6 Å². The molecule has 1 N–H and O–H groups in total. The molecule has 1 saturated carbocycles. The standard InChI is InChI=1S/C28H42ClN5O/c1-6-34-25(29)23(24(32-34)22-9-7-8-20(2)30-22)26(35)31-21-10-12-28(13-11-21)15-18-33(19-16-28)17-14-27(3,4)5/h7-9,21H,6,10-19H2,1-5H3,(H,31,35). The zero-order valence-corrected chi connectivity index (χ0v) is 22.9. The first-order valence-electron chi connectivity index (χ1n) is 13.3. The predicted molar refractivity (Wildman–Crippen MR) is 143 cm³/mol. The molecule has 3 heterocycles. The minimum Gasteiger partial charge on any atom is -0.349 e. The van der Waals surface area contributed by atoms with Crippen LogP contribution in [-0.2, 0) is 6.54 Å². The number of carbonyl (C=O) groups is 1. The molecular weight excluding hydrogens is 458 g/mol. The van der Waals surface area contributed by atoms with E-state index in [1.807, 2.05) is 32.0 Å². The third-order valence-electron chi connectivity index (χ3n) is 8.02. The van der Waals surface area contributed by atoms with Crippen LogP contribution in [0.4, 0.5) is 0 Å². The van der Waals surface area contributed by atoms with Gasteiger partial charge in [0.2, 0.25) is 0 Å². The predicted octanol–water partition coefficient (Wildman–Crippen LogP) is 6.12. The van der Waals surface area contributed by atoms with E-state index in [9.17, 15) is 4.79 Å². The summed E-state index contributed by atoms with van der Waals surface area (Å²) in [6.07, 6.45) is 8.28. The van der Waals surface area contributed by atoms with E-state index in [4.69, 9.17) is 11.6 Å². The Kier molecular flexibility index (Phi) is 7.92. The number of aromatic nitrogens is 3. The van der Waals surface area contributed by atoms with Crippen molar-refractivity contribution in [3.63, 3.8) is 0 Å². The molecule has 0 aromatic carbocycles. The van der Waals surface area contributed by atoms with E-state index in [0.29, 0.717) is 39.5 Å². The lowest BCUT2D eigenvalue weighted by Gasteiger charge is -2.46. The van der Waals surface area contributed by atoms with Crippen molar-refractivity contribution >= 4 is 17.5 Å². The van der Waals surface area contributed by atoms with E-state index >= 15 is 0 Å². The molecule has 1 aliphatic heterocycles. The van der Waals surface area contributed by atoms with Crippen LogP contribution in [-0.4, -0.2) is 51.2 Å². The molecule has 4 rings (SSSR count). The van der Waals surface area contributed by atoms with E-state index in [2.05, 4.69) is 41.1 Å². The summed E-state index contributed by atoms with van der Waals surface area (Å²) in [4.78, 5) is 20.7. The second kappa shape index (κ2) is 10.6. The van der Waals surface area contributed by atoms with Gasteiger partial charge in [-0.1, -0.05) is 38.4 Å². The van der Waals surface area contributed by atoms with Crippen molar-refractivity contribution in [1.29, 1.82) is 0 Å². The van der Waals surface area contributed by atoms with Crippen molar-refractivity contribution < 1.29 is 4.79 Å². The molecule has 192 valence electrons. The van der Waals surface area contributed by atoms with Gasteiger partial charge >= 0.3 is 0 Å². The van der Waals surface area contributed by atoms with E-state index in [1.165, 1.54) is 51.7 Å². The molecule has 0 unspecified atom stereocenters. The van der Waals surface area contributed by atoms with Crippen LogP contribution < -0.4 is 5.32 Å². The third kappa shape index (κ3) is 6.26. The minimum absolute atomic E-state index is 0.133. The van der Waals surface area contributed by atoms with Crippen LogP contribution in [0, 0.1) is 17.8 Å². The number of nitrogens with one attached hydrogen (secondary N) is 1. The first-order chi connectivity index (χ1) is 16.6. The molecule has 1 spiro atoms. The highest BCUT2D eigenvalue weighted by atomic mass is 35.5. The Balaban J connectivity index is 1.37. The summed E-state index contributed by atoms with van der Waals surface area (Å²) >= 11 is 6.62. The number of halogens is 1. The topological polar surface area (TPSA) is 63.1 Å². The fourth-order valence-electron chi connectivity index (χ4n) is 5.58. The molecule has 2 aromatic heterocycles. The monoisotopic (exact) mass is 499 g/mol. The summed E-state index contributed by atoms with van der Waals surface area (Å²) in [7, 11) is 0. The Hall–Kier alpha value is -1.92. The van der Waals surface area contributed by atoms with Crippen LogP contribution in [0.2, 0.25) is 5.15 Å². The Bertz CT molecular complexity index is 1020. The normalized spacial score (nSPS) is 19.3. The lowest BCUT2D eigenvalue weighted by Crippen LogP contribution is -2.46. The van der Waals surface area contributed by atoms with Gasteiger partial charge in [0, 0.05) is 18.3 Å². The maximum Gasteiger partial charge on any atom is 0.256 e. The molecule has 2 fully saturated rings. The van der Waals surface area contributed by atoms with Crippen molar-refractivity contribution in [2.24, 2.45) is 10.8 Å². The molecule has 2 aliphatic rings. The van der Waals surface area contributed by atoms with Gasteiger partial charge in [0.1, 0.15) is 16.4 Å². The van der Waals surface area contributed by atoms with Gasteiger partial charge in [0.05, 0.1) is 5.69 Å². The Labute approximate surface area is 215 Å². The summed E-state index contributed by atoms with van der Waals surface area (Å²) in [5.41, 5.74) is 3.44. The quantitative estimate of drug-likeness (QED) is 0.520. The fourth-order valence-corrected chi connectivity index (χ4v) is 5.92. The highest BCUT2D eigenvalue weighted by Gasteiger charge is 2.39. The lowest BCUT2D eigenvalue weighted by molar-refractivity contribution is 0.0522. The summed E-state index contributed by atoms with van der Waals surface area (Å²) in [5.74, 6) is -0.133. The maximum absolute atomic E-state index is 13.4. The SMILES string of the molecule is CCn1nc(-c2cccc(C)n2)c(C(=O)NC2CCC3(CC2)CCN(CCC(C)(C)C)CC3)c1Cl. The number of nitrogens with zero attached hydrogens (tertiary/aromatic N) is 4. The zero-order valence-electron chi connectivity index (χ0n) is 22.2. The van der Waals surface area contributed by atoms with E-state index in [0.717, 1.165) is 18.5 Å². The highest BCUT2D eigenvalue weighted by Crippen LogP contribution is 2.45. The van der Waals surface area contributed by atoms with Crippen molar-refractivity contribution in [3.8, 4) is 11.4 Å². The first kappa shape index (κ1) is 26.2. The molecule has 0 radical (unpaired) electrons. The number of pyridine rings is 1. The van der Waals surface area contributed by atoms with Crippen LogP contribution in [0.3, 0.4) is 0 Å². The van der Waals surface area contributed by atoms with Gasteiger partial charge in [-0.3, -0.25) is 14.5 Å². The van der Waals surface area contributed by atoms with Gasteiger partial charge in [-0.25, -0.2) is 0 Å². The van der Waals surface area contributed by atoms with E-state index in [-0.39, 0.29) is 11.9 Å². The molecule has 35 heavy (non-hydrogen) atoms. The number of carbonyl (C=O) groups excluding carboxylic acids is 1. The first-order valence-corrected chi connectivity index (χ1v) is 13.7. The third-order valence-corrected chi connectivity index (χ3v) is 8.41. The van der Waals surface area contributed by atoms with Crippen LogP contribution in [0.15, 0.2) is 18.2 Å². The number of hydrogen-bond acceptors (Lipinski definition) is 4. The molecule has 1 aliphatic carbocycles.